The number of aromatic amines is 2. The van der Waals surface area contributed by atoms with Crippen LogP contribution >= 0.6 is 15.9 Å². The molecule has 0 aliphatic carbocycles. The summed E-state index contributed by atoms with van der Waals surface area (Å²) in [4.78, 5) is 15.8. The van der Waals surface area contributed by atoms with Crippen molar-refractivity contribution in [1.29, 1.82) is 0 Å². The smallest absolute Gasteiger partial charge is 0.227 e. The van der Waals surface area contributed by atoms with Crippen LogP contribution in [0.3, 0.4) is 0 Å². The number of hydrogen-bond donors (Lipinski definition) is 3. The lowest BCUT2D eigenvalue weighted by atomic mass is 10.3. The lowest BCUT2D eigenvalue weighted by Crippen LogP contribution is -1.97. The molecule has 0 saturated carbocycles. The first-order valence-corrected chi connectivity index (χ1v) is 7.04. The van der Waals surface area contributed by atoms with Crippen molar-refractivity contribution in [1.82, 2.24) is 40.6 Å². The van der Waals surface area contributed by atoms with Gasteiger partial charge in [0.2, 0.25) is 11.8 Å². The van der Waals surface area contributed by atoms with E-state index < -0.39 is 0 Å². The van der Waals surface area contributed by atoms with Crippen LogP contribution in [0.1, 0.15) is 0 Å². The third kappa shape index (κ3) is 2.29. The van der Waals surface area contributed by atoms with Gasteiger partial charge in [0.05, 0.1) is 17.4 Å². The van der Waals surface area contributed by atoms with E-state index in [9.17, 15) is 0 Å². The van der Waals surface area contributed by atoms with Gasteiger partial charge in [0.25, 0.3) is 0 Å². The van der Waals surface area contributed by atoms with Gasteiger partial charge >= 0.3 is 0 Å². The molecule has 0 amide bonds. The Labute approximate surface area is 131 Å². The molecule has 0 atom stereocenters. The summed E-state index contributed by atoms with van der Waals surface area (Å²) < 4.78 is 0.886. The Morgan fingerprint density at radius 2 is 1.95 bits per heavy atom. The van der Waals surface area contributed by atoms with E-state index in [-0.39, 0.29) is 0 Å². The molecule has 10 heteroatoms. The van der Waals surface area contributed by atoms with E-state index in [2.05, 4.69) is 61.8 Å². The number of halogens is 1. The third-order valence-electron chi connectivity index (χ3n) is 2.99. The molecule has 0 fully saturated rings. The Kier molecular flexibility index (Phi) is 3.00. The minimum absolute atomic E-state index is 0.452. The van der Waals surface area contributed by atoms with E-state index in [1.165, 1.54) is 0 Å². The molecule has 0 saturated heterocycles. The number of nitrogens with one attached hydrogen (secondary N) is 3. The number of benzene rings is 1. The van der Waals surface area contributed by atoms with Crippen LogP contribution in [0.25, 0.3) is 22.4 Å². The van der Waals surface area contributed by atoms with Crippen molar-refractivity contribution in [2.75, 3.05) is 5.32 Å². The molecule has 0 bridgehead atoms. The molecular weight excluding hydrogens is 350 g/mol. The van der Waals surface area contributed by atoms with Crippen LogP contribution in [0.4, 0.5) is 11.6 Å². The second-order valence-electron chi connectivity index (χ2n) is 4.41. The summed E-state index contributed by atoms with van der Waals surface area (Å²) in [5.41, 5.74) is 3.32. The van der Waals surface area contributed by atoms with Gasteiger partial charge in [0.15, 0.2) is 0 Å². The minimum atomic E-state index is 0.452. The maximum atomic E-state index is 4.24. The zero-order chi connectivity index (χ0) is 14.9. The molecule has 1 aromatic carbocycles. The van der Waals surface area contributed by atoms with Gasteiger partial charge in [-0.25, -0.2) is 15.0 Å². The van der Waals surface area contributed by atoms with Gasteiger partial charge in [-0.05, 0) is 33.3 Å². The summed E-state index contributed by atoms with van der Waals surface area (Å²) >= 11 is 3.49. The highest BCUT2D eigenvalue weighted by Crippen LogP contribution is 2.27. The fourth-order valence-corrected chi connectivity index (χ4v) is 2.56. The Bertz CT molecular complexity index is 914. The highest BCUT2D eigenvalue weighted by molar-refractivity contribution is 9.10. The minimum Gasteiger partial charge on any atom is -0.344 e. The summed E-state index contributed by atoms with van der Waals surface area (Å²) in [6, 6.07) is 3.85. The standard InChI is InChI=1S/C12H8BrN9/c13-8-1-7(2-9-10(8)17-5-16-9)18-12-14-3-6(4-15-12)11-19-21-22-20-11/h1-5H,(H,16,17)(H,14,15,18)(H,19,20,21,22). The molecule has 9 nitrogen and oxygen atoms in total. The molecule has 0 spiro atoms. The number of nitrogens with zero attached hydrogens (tertiary/aromatic N) is 6. The van der Waals surface area contributed by atoms with Crippen molar-refractivity contribution in [3.8, 4) is 11.4 Å². The average Bonchev–Trinajstić information content (AvgIpc) is 3.19. The van der Waals surface area contributed by atoms with Gasteiger partial charge in [-0.3, -0.25) is 0 Å². The van der Waals surface area contributed by atoms with Crippen molar-refractivity contribution in [3.05, 3.63) is 35.3 Å². The van der Waals surface area contributed by atoms with Crippen LogP contribution < -0.4 is 5.32 Å². The molecule has 3 aromatic heterocycles. The molecule has 0 aliphatic heterocycles. The molecule has 22 heavy (non-hydrogen) atoms. The van der Waals surface area contributed by atoms with Gasteiger partial charge < -0.3 is 10.3 Å². The number of imidazole rings is 1. The average molecular weight is 358 g/mol. The quantitative estimate of drug-likeness (QED) is 0.512. The number of rotatable bonds is 3. The molecule has 108 valence electrons. The zero-order valence-corrected chi connectivity index (χ0v) is 12.5. The van der Waals surface area contributed by atoms with Crippen LogP contribution in [0.2, 0.25) is 0 Å². The molecule has 0 aliphatic rings. The van der Waals surface area contributed by atoms with Crippen molar-refractivity contribution >= 4 is 38.6 Å². The predicted molar refractivity (Wildman–Crippen MR) is 82.3 cm³/mol. The maximum absolute atomic E-state index is 4.24. The number of tetrazole rings is 1. The normalized spacial score (nSPS) is 11.0. The van der Waals surface area contributed by atoms with Gasteiger partial charge in [0.1, 0.15) is 5.52 Å². The van der Waals surface area contributed by atoms with E-state index >= 15 is 0 Å². The summed E-state index contributed by atoms with van der Waals surface area (Å²) in [5, 5.41) is 16.8. The molecule has 3 N–H and O–H groups in total. The van der Waals surface area contributed by atoms with E-state index in [0.717, 1.165) is 21.2 Å². The third-order valence-corrected chi connectivity index (χ3v) is 3.59. The first-order valence-electron chi connectivity index (χ1n) is 6.25. The van der Waals surface area contributed by atoms with Gasteiger partial charge in [-0.2, -0.15) is 5.21 Å². The van der Waals surface area contributed by atoms with Crippen molar-refractivity contribution in [3.63, 3.8) is 0 Å². The maximum Gasteiger partial charge on any atom is 0.227 e. The van der Waals surface area contributed by atoms with Crippen LogP contribution in [-0.2, 0) is 0 Å². The van der Waals surface area contributed by atoms with Crippen LogP contribution in [0.15, 0.2) is 35.3 Å². The highest BCUT2D eigenvalue weighted by Gasteiger charge is 2.07. The summed E-state index contributed by atoms with van der Waals surface area (Å²) in [6.07, 6.45) is 4.91. The van der Waals surface area contributed by atoms with E-state index in [4.69, 9.17) is 0 Å². The number of anilines is 2. The van der Waals surface area contributed by atoms with Gasteiger partial charge in [-0.1, -0.05) is 0 Å². The molecule has 0 unspecified atom stereocenters. The highest BCUT2D eigenvalue weighted by atomic mass is 79.9. The van der Waals surface area contributed by atoms with Crippen molar-refractivity contribution in [2.45, 2.75) is 0 Å². The number of aromatic nitrogens is 8. The Morgan fingerprint density at radius 3 is 2.73 bits per heavy atom. The van der Waals surface area contributed by atoms with Crippen LogP contribution in [0.5, 0.6) is 0 Å². The number of fused-ring (bicyclic) bond motifs is 1. The number of H-pyrrole nitrogens is 2. The number of hydrogen-bond acceptors (Lipinski definition) is 7. The fourth-order valence-electron chi connectivity index (χ4n) is 2.00. The monoisotopic (exact) mass is 357 g/mol. The molecule has 4 aromatic rings. The predicted octanol–water partition coefficient (Wildman–Crippen LogP) is 2.04. The summed E-state index contributed by atoms with van der Waals surface area (Å²) in [5.74, 6) is 0.922. The Balaban J connectivity index is 1.62. The van der Waals surface area contributed by atoms with Crippen molar-refractivity contribution in [2.24, 2.45) is 0 Å². The molecule has 3 heterocycles. The van der Waals surface area contributed by atoms with E-state index in [1.807, 2.05) is 12.1 Å². The first kappa shape index (κ1) is 12.8. The Morgan fingerprint density at radius 1 is 1.09 bits per heavy atom. The largest absolute Gasteiger partial charge is 0.344 e. The molecule has 0 radical (unpaired) electrons. The van der Waals surface area contributed by atoms with E-state index in [1.54, 1.807) is 18.7 Å². The lowest BCUT2D eigenvalue weighted by molar-refractivity contribution is 0.881. The first-order chi connectivity index (χ1) is 10.8. The molecule has 4 rings (SSSR count). The summed E-state index contributed by atoms with van der Waals surface area (Å²) in [6.45, 7) is 0. The van der Waals surface area contributed by atoms with Gasteiger partial charge in [-0.15, -0.1) is 10.2 Å². The summed E-state index contributed by atoms with van der Waals surface area (Å²) in [7, 11) is 0. The lowest BCUT2D eigenvalue weighted by Gasteiger charge is -2.05. The Hall–Kier alpha value is -2.88. The van der Waals surface area contributed by atoms with Crippen LogP contribution in [-0.4, -0.2) is 40.6 Å². The SMILES string of the molecule is Brc1cc(Nc2ncc(-c3nn[nH]n3)cn2)cc2[nH]cnc12. The van der Waals surface area contributed by atoms with Gasteiger partial charge in [0, 0.05) is 22.6 Å². The van der Waals surface area contributed by atoms with Crippen molar-refractivity contribution < 1.29 is 0 Å². The zero-order valence-electron chi connectivity index (χ0n) is 10.9. The van der Waals surface area contributed by atoms with E-state index in [0.29, 0.717) is 17.3 Å². The second-order valence-corrected chi connectivity index (χ2v) is 5.27. The van der Waals surface area contributed by atoms with Crippen LogP contribution in [0, 0.1) is 0 Å². The topological polar surface area (TPSA) is 121 Å². The fraction of sp³-hybridized carbons (Fsp3) is 0. The molecular formula is C12H8BrN9. The second kappa shape index (κ2) is 5.15.